The zero-order valence-electron chi connectivity index (χ0n) is 20.9. The number of halogens is 1. The van der Waals surface area contributed by atoms with E-state index in [1.54, 1.807) is 41.1 Å². The molecule has 2 aliphatic heterocycles. The summed E-state index contributed by atoms with van der Waals surface area (Å²) in [5.41, 5.74) is 6.12. The molecule has 0 radical (unpaired) electrons. The quantitative estimate of drug-likeness (QED) is 0.620. The summed E-state index contributed by atoms with van der Waals surface area (Å²) in [6.45, 7) is 10.1. The minimum atomic E-state index is -0.620. The van der Waals surface area contributed by atoms with E-state index >= 15 is 0 Å². The highest BCUT2D eigenvalue weighted by Gasteiger charge is 2.30. The fraction of sp³-hybridized carbons (Fsp3) is 0.385. The van der Waals surface area contributed by atoms with E-state index in [4.69, 9.17) is 21.1 Å². The van der Waals surface area contributed by atoms with E-state index in [-0.39, 0.29) is 11.9 Å². The van der Waals surface area contributed by atoms with Gasteiger partial charge in [-0.05, 0) is 71.0 Å². The van der Waals surface area contributed by atoms with Crippen molar-refractivity contribution in [1.82, 2.24) is 5.43 Å². The largest absolute Gasteiger partial charge is 0.490 e. The first kappa shape index (κ1) is 24.9. The van der Waals surface area contributed by atoms with Gasteiger partial charge in [0, 0.05) is 24.0 Å². The molecule has 0 aliphatic carbocycles. The first-order valence-electron chi connectivity index (χ1n) is 11.5. The zero-order chi connectivity index (χ0) is 25.5. The van der Waals surface area contributed by atoms with E-state index in [1.165, 1.54) is 0 Å². The van der Waals surface area contributed by atoms with Crippen molar-refractivity contribution in [2.24, 2.45) is 0 Å². The molecule has 4 rings (SSSR count). The van der Waals surface area contributed by atoms with E-state index in [9.17, 15) is 9.59 Å². The van der Waals surface area contributed by atoms with E-state index in [1.807, 2.05) is 57.8 Å². The molecule has 0 saturated heterocycles. The van der Waals surface area contributed by atoms with Gasteiger partial charge in [-0.1, -0.05) is 17.7 Å². The van der Waals surface area contributed by atoms with Gasteiger partial charge in [0.2, 0.25) is 0 Å². The molecule has 2 aromatic carbocycles. The highest BCUT2D eigenvalue weighted by atomic mass is 35.5. The Morgan fingerprint density at radius 2 is 1.94 bits per heavy atom. The van der Waals surface area contributed by atoms with Crippen molar-refractivity contribution in [3.8, 4) is 5.75 Å². The van der Waals surface area contributed by atoms with Crippen LogP contribution in [-0.2, 0) is 4.74 Å². The second kappa shape index (κ2) is 9.43. The first-order chi connectivity index (χ1) is 16.5. The van der Waals surface area contributed by atoms with Gasteiger partial charge < -0.3 is 14.4 Å². The minimum absolute atomic E-state index is 0.00401. The third kappa shape index (κ3) is 5.09. The first-order valence-corrected chi connectivity index (χ1v) is 11.9. The second-order valence-electron chi connectivity index (χ2n) is 9.67. The Morgan fingerprint density at radius 1 is 1.20 bits per heavy atom. The molecule has 0 bridgehead atoms. The van der Waals surface area contributed by atoms with Gasteiger partial charge in [-0.2, -0.15) is 0 Å². The van der Waals surface area contributed by atoms with Crippen LogP contribution in [0.15, 0.2) is 53.2 Å². The summed E-state index contributed by atoms with van der Waals surface area (Å²) in [6.07, 6.45) is -0.449. The number of nitrogens with zero attached hydrogens (tertiary/aromatic N) is 3. The fourth-order valence-electron chi connectivity index (χ4n) is 4.05. The molecule has 2 aliphatic rings. The van der Waals surface area contributed by atoms with Crippen molar-refractivity contribution in [2.75, 3.05) is 35.0 Å². The molecule has 0 aromatic heterocycles. The van der Waals surface area contributed by atoms with Crippen LogP contribution in [0.25, 0.3) is 0 Å². The normalized spacial score (nSPS) is 17.7. The Morgan fingerprint density at radius 3 is 2.60 bits per heavy atom. The predicted molar refractivity (Wildman–Crippen MR) is 138 cm³/mol. The third-order valence-corrected chi connectivity index (χ3v) is 6.45. The van der Waals surface area contributed by atoms with Crippen molar-refractivity contribution >= 4 is 40.7 Å². The molecule has 9 heteroatoms. The summed E-state index contributed by atoms with van der Waals surface area (Å²) in [4.78, 5) is 29.3. The number of hydrogen-bond donors (Lipinski definition) is 1. The lowest BCUT2D eigenvalue weighted by Crippen LogP contribution is -2.41. The third-order valence-electron chi connectivity index (χ3n) is 5.85. The monoisotopic (exact) mass is 498 g/mol. The van der Waals surface area contributed by atoms with Crippen molar-refractivity contribution in [3.63, 3.8) is 0 Å². The molecule has 0 saturated carbocycles. The Hall–Kier alpha value is -3.23. The van der Waals surface area contributed by atoms with Gasteiger partial charge in [0.25, 0.3) is 5.91 Å². The van der Waals surface area contributed by atoms with Crippen LogP contribution in [0, 0.1) is 0 Å². The topological polar surface area (TPSA) is 74.4 Å². The molecule has 1 N–H and O–H groups in total. The number of benzene rings is 2. The summed E-state index contributed by atoms with van der Waals surface area (Å²) >= 11 is 6.37. The number of rotatable bonds is 3. The number of ether oxygens (including phenoxy) is 2. The predicted octanol–water partition coefficient (Wildman–Crippen LogP) is 5.28. The lowest BCUT2D eigenvalue weighted by molar-refractivity contribution is 0.0567. The second-order valence-corrected chi connectivity index (χ2v) is 10.1. The van der Waals surface area contributed by atoms with Gasteiger partial charge in [0.05, 0.1) is 29.0 Å². The molecule has 0 spiro atoms. The van der Waals surface area contributed by atoms with E-state index < -0.39 is 11.7 Å². The van der Waals surface area contributed by atoms with Crippen LogP contribution >= 0.6 is 11.6 Å². The molecule has 8 nitrogen and oxygen atoms in total. The summed E-state index contributed by atoms with van der Waals surface area (Å²) in [6, 6.07) is 12.7. The van der Waals surface area contributed by atoms with Gasteiger partial charge in [0.1, 0.15) is 18.0 Å². The summed E-state index contributed by atoms with van der Waals surface area (Å²) in [7, 11) is 1.70. The van der Waals surface area contributed by atoms with Crippen LogP contribution in [0.5, 0.6) is 5.75 Å². The Balaban J connectivity index is 1.59. The Kier molecular flexibility index (Phi) is 6.71. The number of anilines is 3. The van der Waals surface area contributed by atoms with E-state index in [0.29, 0.717) is 35.8 Å². The standard InChI is InChI=1S/C26H31ClN4O4/c1-16-23(27)17(2)31(28-16)20-9-7-8-18(14-20)24(32)29(6)19-10-11-22-21(15-19)30(12-13-34-22)25(33)35-26(3,4)5/h7-11,14-16,28H,12-13H2,1-6H3. The smallest absolute Gasteiger partial charge is 0.415 e. The maximum atomic E-state index is 13.4. The summed E-state index contributed by atoms with van der Waals surface area (Å²) in [5, 5.41) is 2.63. The van der Waals surface area contributed by atoms with Gasteiger partial charge in [-0.3, -0.25) is 14.7 Å². The summed E-state index contributed by atoms with van der Waals surface area (Å²) in [5.74, 6) is 0.384. The number of carbonyl (C=O) groups excluding carboxylic acids is 2. The molecule has 0 fully saturated rings. The van der Waals surface area contributed by atoms with Gasteiger partial charge in [0.15, 0.2) is 0 Å². The van der Waals surface area contributed by atoms with Gasteiger partial charge in [-0.25, -0.2) is 10.2 Å². The van der Waals surface area contributed by atoms with E-state index in [0.717, 1.165) is 16.4 Å². The van der Waals surface area contributed by atoms with Gasteiger partial charge in [-0.15, -0.1) is 0 Å². The van der Waals surface area contributed by atoms with Crippen molar-refractivity contribution < 1.29 is 19.1 Å². The van der Waals surface area contributed by atoms with Crippen LogP contribution in [0.1, 0.15) is 45.0 Å². The van der Waals surface area contributed by atoms with Crippen molar-refractivity contribution in [1.29, 1.82) is 0 Å². The Bertz CT molecular complexity index is 1190. The molecule has 1 unspecified atom stereocenters. The SMILES string of the molecule is CC1=C(Cl)C(C)NN1c1cccc(C(=O)N(C)c2ccc3c(c2)N(C(=O)OC(C)(C)C)CCO3)c1. The highest BCUT2D eigenvalue weighted by molar-refractivity contribution is 6.31. The van der Waals surface area contributed by atoms with Crippen LogP contribution in [0.2, 0.25) is 0 Å². The average molecular weight is 499 g/mol. The number of allylic oxidation sites excluding steroid dienone is 1. The highest BCUT2D eigenvalue weighted by Crippen LogP contribution is 2.36. The molecule has 2 heterocycles. The van der Waals surface area contributed by atoms with Crippen LogP contribution in [0.4, 0.5) is 21.9 Å². The minimum Gasteiger partial charge on any atom is -0.490 e. The Labute approximate surface area is 211 Å². The van der Waals surface area contributed by atoms with Gasteiger partial charge >= 0.3 is 6.09 Å². The molecule has 2 amide bonds. The molecule has 1 atom stereocenters. The lowest BCUT2D eigenvalue weighted by atomic mass is 10.1. The number of fused-ring (bicyclic) bond motifs is 1. The van der Waals surface area contributed by atoms with Crippen LogP contribution in [-0.4, -0.2) is 43.8 Å². The molecular weight excluding hydrogens is 468 g/mol. The molecule has 2 aromatic rings. The number of amides is 2. The molecule has 186 valence electrons. The fourth-order valence-corrected chi connectivity index (χ4v) is 4.18. The maximum absolute atomic E-state index is 13.4. The van der Waals surface area contributed by atoms with E-state index in [2.05, 4.69) is 5.43 Å². The van der Waals surface area contributed by atoms with Crippen molar-refractivity contribution in [3.05, 3.63) is 58.8 Å². The maximum Gasteiger partial charge on any atom is 0.415 e. The number of nitrogens with one attached hydrogen (secondary N) is 1. The number of hydrazine groups is 1. The number of carbonyl (C=O) groups is 2. The lowest BCUT2D eigenvalue weighted by Gasteiger charge is -2.32. The molecular formula is C26H31ClN4O4. The van der Waals surface area contributed by atoms with Crippen molar-refractivity contribution in [2.45, 2.75) is 46.3 Å². The number of hydrogen-bond acceptors (Lipinski definition) is 6. The van der Waals surface area contributed by atoms with Crippen LogP contribution in [0.3, 0.4) is 0 Å². The van der Waals surface area contributed by atoms with Crippen LogP contribution < -0.4 is 25.0 Å². The molecule has 35 heavy (non-hydrogen) atoms. The zero-order valence-corrected chi connectivity index (χ0v) is 21.6. The summed E-state index contributed by atoms with van der Waals surface area (Å²) < 4.78 is 11.3. The average Bonchev–Trinajstić information content (AvgIpc) is 3.08.